The largest absolute Gasteiger partial charge is 0.100 e. The Labute approximate surface area is 72.7 Å². The van der Waals surface area contributed by atoms with Crippen LogP contribution in [0, 0.1) is 0 Å². The van der Waals surface area contributed by atoms with Crippen molar-refractivity contribution in [3.8, 4) is 0 Å². The van der Waals surface area contributed by atoms with Gasteiger partial charge in [-0.15, -0.1) is 6.58 Å². The maximum absolute atomic E-state index is 3.83. The molecule has 0 radical (unpaired) electrons. The lowest BCUT2D eigenvalue weighted by Crippen LogP contribution is -1.74. The highest BCUT2D eigenvalue weighted by atomic mass is 13.9. The van der Waals surface area contributed by atoms with Crippen molar-refractivity contribution < 1.29 is 0 Å². The number of hydrogen-bond acceptors (Lipinski definition) is 0. The molecule has 0 bridgehead atoms. The van der Waals surface area contributed by atoms with Crippen molar-refractivity contribution in [2.75, 3.05) is 0 Å². The summed E-state index contributed by atoms with van der Waals surface area (Å²) in [7, 11) is 0. The molecule has 0 rings (SSSR count). The molecular weight excluding hydrogens is 132 g/mol. The first-order valence-electron chi connectivity index (χ1n) is 4.83. The summed E-state index contributed by atoms with van der Waals surface area (Å²) in [4.78, 5) is 0. The lowest BCUT2D eigenvalue weighted by atomic mass is 10.1. The molecule has 0 aliphatic carbocycles. The number of hydrogen-bond donors (Lipinski definition) is 0. The molecule has 0 atom stereocenters. The van der Waals surface area contributed by atoms with Gasteiger partial charge in [0.1, 0.15) is 0 Å². The molecule has 0 aromatic carbocycles. The van der Waals surface area contributed by atoms with Crippen LogP contribution in [0.1, 0.15) is 59.8 Å². The molecule has 0 saturated heterocycles. The molecule has 68 valence electrons. The van der Waals surface area contributed by atoms with Crippen LogP contribution in [0.3, 0.4) is 0 Å². The highest BCUT2D eigenvalue weighted by Gasteiger charge is 1.84. The molecule has 0 aliphatic heterocycles. The molecule has 0 nitrogen and oxygen atoms in total. The van der Waals surface area contributed by atoms with Crippen LogP contribution in [0.5, 0.6) is 0 Å². The van der Waals surface area contributed by atoms with Gasteiger partial charge in [-0.3, -0.25) is 0 Å². The van der Waals surface area contributed by atoms with E-state index < -0.39 is 0 Å². The summed E-state index contributed by atoms with van der Waals surface area (Å²) >= 11 is 0. The fourth-order valence-corrected chi connectivity index (χ4v) is 0.677. The number of rotatable bonds is 4. The second kappa shape index (κ2) is 12.4. The van der Waals surface area contributed by atoms with Crippen LogP contribution < -0.4 is 0 Å². The lowest BCUT2D eigenvalue weighted by molar-refractivity contribution is 0.714. The van der Waals surface area contributed by atoms with E-state index in [9.17, 15) is 0 Å². The maximum atomic E-state index is 3.83. The van der Waals surface area contributed by atoms with Crippen molar-refractivity contribution in [3.05, 3.63) is 12.2 Å². The van der Waals surface area contributed by atoms with Gasteiger partial charge < -0.3 is 0 Å². The summed E-state index contributed by atoms with van der Waals surface area (Å²) in [6.45, 7) is 12.4. The van der Waals surface area contributed by atoms with E-state index >= 15 is 0 Å². The van der Waals surface area contributed by atoms with Gasteiger partial charge in [0.2, 0.25) is 0 Å². The standard InChI is InChI=1S/C8H16.C3H8/c1-4-5-6-7-8(2)3;1-3-2/h2,4-7H2,1,3H3;3H2,1-2H3. The monoisotopic (exact) mass is 156 g/mol. The summed E-state index contributed by atoms with van der Waals surface area (Å²) in [6, 6.07) is 0. The van der Waals surface area contributed by atoms with E-state index in [-0.39, 0.29) is 0 Å². The van der Waals surface area contributed by atoms with Crippen molar-refractivity contribution in [2.24, 2.45) is 0 Å². The van der Waals surface area contributed by atoms with Gasteiger partial charge in [-0.05, 0) is 19.8 Å². The second-order valence-electron chi connectivity index (χ2n) is 3.12. The Hall–Kier alpha value is -0.260. The van der Waals surface area contributed by atoms with Gasteiger partial charge in [-0.25, -0.2) is 0 Å². The van der Waals surface area contributed by atoms with Crippen LogP contribution in [0.25, 0.3) is 0 Å². The first-order valence-corrected chi connectivity index (χ1v) is 4.83. The molecule has 11 heavy (non-hydrogen) atoms. The molecule has 0 fully saturated rings. The summed E-state index contributed by atoms with van der Waals surface area (Å²) < 4.78 is 0. The predicted octanol–water partition coefficient (Wildman–Crippen LogP) is 4.56. The van der Waals surface area contributed by atoms with Gasteiger partial charge in [-0.1, -0.05) is 45.6 Å². The van der Waals surface area contributed by atoms with Crippen molar-refractivity contribution in [1.82, 2.24) is 0 Å². The van der Waals surface area contributed by atoms with E-state index in [2.05, 4.69) is 34.3 Å². The molecule has 0 saturated carbocycles. The second-order valence-corrected chi connectivity index (χ2v) is 3.12. The van der Waals surface area contributed by atoms with E-state index in [0.29, 0.717) is 0 Å². The molecule has 0 N–H and O–H groups in total. The molecule has 0 unspecified atom stereocenters. The van der Waals surface area contributed by atoms with Crippen LogP contribution in [0.2, 0.25) is 0 Å². The van der Waals surface area contributed by atoms with E-state index in [0.717, 1.165) is 0 Å². The highest BCUT2D eigenvalue weighted by Crippen LogP contribution is 2.04. The van der Waals surface area contributed by atoms with E-state index in [1.54, 1.807) is 0 Å². The number of allylic oxidation sites excluding steroid dienone is 1. The Morgan fingerprint density at radius 1 is 1.09 bits per heavy atom. The molecule has 0 heteroatoms. The predicted molar refractivity (Wildman–Crippen MR) is 54.9 cm³/mol. The van der Waals surface area contributed by atoms with Crippen LogP contribution in [-0.2, 0) is 0 Å². The maximum Gasteiger partial charge on any atom is -0.0326 e. The molecule has 0 aliphatic rings. The summed E-state index contributed by atoms with van der Waals surface area (Å²) in [5, 5.41) is 0. The molecular formula is C11H24. The topological polar surface area (TPSA) is 0 Å². The van der Waals surface area contributed by atoms with Crippen molar-refractivity contribution in [3.63, 3.8) is 0 Å². The zero-order valence-corrected chi connectivity index (χ0v) is 8.74. The van der Waals surface area contributed by atoms with Crippen molar-refractivity contribution in [1.29, 1.82) is 0 Å². The first-order chi connectivity index (χ1) is 5.18. The third-order valence-electron chi connectivity index (χ3n) is 1.21. The van der Waals surface area contributed by atoms with Gasteiger partial charge in [0.05, 0.1) is 0 Å². The van der Waals surface area contributed by atoms with Crippen molar-refractivity contribution >= 4 is 0 Å². The van der Waals surface area contributed by atoms with E-state index in [1.807, 2.05) is 0 Å². The average molecular weight is 156 g/mol. The molecule has 0 spiro atoms. The minimum absolute atomic E-state index is 1.22. The lowest BCUT2D eigenvalue weighted by Gasteiger charge is -1.94. The fraction of sp³-hybridized carbons (Fsp3) is 0.818. The van der Waals surface area contributed by atoms with Gasteiger partial charge in [0.15, 0.2) is 0 Å². The van der Waals surface area contributed by atoms with Gasteiger partial charge in [0, 0.05) is 0 Å². The minimum atomic E-state index is 1.22. The number of unbranched alkanes of at least 4 members (excludes halogenated alkanes) is 2. The van der Waals surface area contributed by atoms with Crippen LogP contribution in [0.15, 0.2) is 12.2 Å². The van der Waals surface area contributed by atoms with Gasteiger partial charge in [0.25, 0.3) is 0 Å². The average Bonchev–Trinajstić information content (AvgIpc) is 1.89. The highest BCUT2D eigenvalue weighted by molar-refractivity contribution is 4.86. The smallest absolute Gasteiger partial charge is 0.0326 e. The summed E-state index contributed by atoms with van der Waals surface area (Å²) in [5.74, 6) is 0. The molecule has 0 heterocycles. The van der Waals surface area contributed by atoms with Gasteiger partial charge in [-0.2, -0.15) is 0 Å². The fourth-order valence-electron chi connectivity index (χ4n) is 0.677. The normalized spacial score (nSPS) is 8.36. The van der Waals surface area contributed by atoms with Crippen molar-refractivity contribution in [2.45, 2.75) is 59.8 Å². The first kappa shape index (κ1) is 13.3. The van der Waals surface area contributed by atoms with Gasteiger partial charge >= 0.3 is 0 Å². The molecule has 0 amide bonds. The molecule has 0 aromatic rings. The third kappa shape index (κ3) is 26.0. The Bertz CT molecular complexity index is 72.1. The van der Waals surface area contributed by atoms with Crippen LogP contribution >= 0.6 is 0 Å². The Kier molecular flexibility index (Phi) is 15.1. The Morgan fingerprint density at radius 3 is 1.82 bits per heavy atom. The zero-order valence-electron chi connectivity index (χ0n) is 8.74. The summed E-state index contributed by atoms with van der Waals surface area (Å²) in [6.07, 6.45) is 6.46. The van der Waals surface area contributed by atoms with Crippen LogP contribution in [-0.4, -0.2) is 0 Å². The quantitative estimate of drug-likeness (QED) is 0.413. The van der Waals surface area contributed by atoms with Crippen LogP contribution in [0.4, 0.5) is 0 Å². The Balaban J connectivity index is 0. The third-order valence-corrected chi connectivity index (χ3v) is 1.21. The Morgan fingerprint density at radius 2 is 1.55 bits per heavy atom. The molecule has 0 aromatic heterocycles. The summed E-state index contributed by atoms with van der Waals surface area (Å²) in [5.41, 5.74) is 1.32. The SMILES string of the molecule is C=C(C)CCCCC.CCC. The van der Waals surface area contributed by atoms with E-state index in [1.165, 1.54) is 37.7 Å². The minimum Gasteiger partial charge on any atom is -0.100 e. The van der Waals surface area contributed by atoms with E-state index in [4.69, 9.17) is 0 Å². The zero-order chi connectivity index (χ0) is 9.11.